The summed E-state index contributed by atoms with van der Waals surface area (Å²) in [5.74, 6) is -0.119. The zero-order valence-electron chi connectivity index (χ0n) is 21.7. The Morgan fingerprint density at radius 3 is 2.55 bits per heavy atom. The van der Waals surface area contributed by atoms with Crippen molar-refractivity contribution in [3.05, 3.63) is 35.7 Å². The first-order chi connectivity index (χ1) is 17.9. The highest BCUT2D eigenvalue weighted by atomic mass is 31.2. The summed E-state index contributed by atoms with van der Waals surface area (Å²) in [4.78, 5) is 28.8. The van der Waals surface area contributed by atoms with Gasteiger partial charge in [0.15, 0.2) is 0 Å². The number of amides is 1. The van der Waals surface area contributed by atoms with E-state index in [-0.39, 0.29) is 29.2 Å². The van der Waals surface area contributed by atoms with Gasteiger partial charge in [-0.3, -0.25) is 4.79 Å². The summed E-state index contributed by atoms with van der Waals surface area (Å²) in [6.07, 6.45) is 1.14. The largest absolute Gasteiger partial charge is 0.419 e. The number of carbonyl (C=O) groups is 1. The maximum Gasteiger partial charge on any atom is 0.419 e. The number of rotatable bonds is 1. The van der Waals surface area contributed by atoms with Crippen molar-refractivity contribution in [2.45, 2.75) is 37.9 Å². The van der Waals surface area contributed by atoms with Crippen LogP contribution in [0.25, 0.3) is 22.2 Å². The molecule has 38 heavy (non-hydrogen) atoms. The van der Waals surface area contributed by atoms with Gasteiger partial charge in [0.25, 0.3) is 5.91 Å². The number of H-pyrrole nitrogens is 1. The molecule has 3 aliphatic heterocycles. The number of halogens is 3. The lowest BCUT2D eigenvalue weighted by molar-refractivity contribution is -0.137. The van der Waals surface area contributed by atoms with Gasteiger partial charge >= 0.3 is 6.18 Å². The Balaban J connectivity index is 1.72. The van der Waals surface area contributed by atoms with Crippen molar-refractivity contribution >= 4 is 35.2 Å². The van der Waals surface area contributed by atoms with Gasteiger partial charge in [-0.15, -0.1) is 0 Å². The predicted octanol–water partition coefficient (Wildman–Crippen LogP) is 4.63. The summed E-state index contributed by atoms with van der Waals surface area (Å²) in [5, 5.41) is 4.01. The second-order valence-electron chi connectivity index (χ2n) is 10.6. The highest BCUT2D eigenvalue weighted by Crippen LogP contribution is 2.43. The summed E-state index contributed by atoms with van der Waals surface area (Å²) in [6, 6.07) is 3.19. The number of benzene rings is 1. The van der Waals surface area contributed by atoms with Gasteiger partial charge in [-0.1, -0.05) is 6.07 Å². The number of piperidine rings is 1. The van der Waals surface area contributed by atoms with Crippen molar-refractivity contribution in [2.24, 2.45) is 0 Å². The van der Waals surface area contributed by atoms with Crippen molar-refractivity contribution < 1.29 is 22.5 Å². The number of aromatic amines is 1. The lowest BCUT2D eigenvalue weighted by Crippen LogP contribution is -2.43. The van der Waals surface area contributed by atoms with E-state index < -0.39 is 18.9 Å². The summed E-state index contributed by atoms with van der Waals surface area (Å²) >= 11 is 0. The number of anilines is 1. The molecule has 0 aliphatic carbocycles. The standard InChI is InChI=1S/C26H32F3N6O2P/c1-34-10-4-5-11-35-12-6-7-16(15-35)32-25-31-14-20(26(27,28)29)21(33-25)19-13-30-22-17(19)8-9-18(24(34)36)23(22)38(2,3)37/h8-9,13-14,16,30H,4-7,10-12,15H2,1-3H3,(H,31,32,33)/t16-/m1/s1. The van der Waals surface area contributed by atoms with Gasteiger partial charge in [0.1, 0.15) is 12.7 Å². The van der Waals surface area contributed by atoms with Crippen molar-refractivity contribution in [3.63, 3.8) is 0 Å². The normalized spacial score (nSPS) is 21.4. The van der Waals surface area contributed by atoms with Gasteiger partial charge in [0, 0.05) is 54.8 Å². The molecule has 2 atom stereocenters. The number of aromatic nitrogens is 3. The van der Waals surface area contributed by atoms with E-state index in [4.69, 9.17) is 0 Å². The molecule has 12 heteroatoms. The zero-order valence-corrected chi connectivity index (χ0v) is 22.6. The van der Waals surface area contributed by atoms with Crippen molar-refractivity contribution in [3.8, 4) is 11.3 Å². The number of alkyl halides is 3. The minimum absolute atomic E-state index is 0.0136. The third kappa shape index (κ3) is 5.18. The molecule has 5 heterocycles. The van der Waals surface area contributed by atoms with E-state index in [1.807, 2.05) is 0 Å². The Hall–Kier alpha value is -2.91. The third-order valence-corrected chi connectivity index (χ3v) is 8.89. The molecule has 8 nitrogen and oxygen atoms in total. The Morgan fingerprint density at radius 1 is 1.08 bits per heavy atom. The van der Waals surface area contributed by atoms with Crippen LogP contribution in [0, 0.1) is 0 Å². The molecule has 1 fully saturated rings. The molecule has 204 valence electrons. The lowest BCUT2D eigenvalue weighted by Gasteiger charge is -2.33. The van der Waals surface area contributed by atoms with Crippen LogP contribution in [0.15, 0.2) is 24.5 Å². The highest BCUT2D eigenvalue weighted by Gasteiger charge is 2.37. The van der Waals surface area contributed by atoms with Crippen LogP contribution in [0.2, 0.25) is 0 Å². The Labute approximate surface area is 219 Å². The van der Waals surface area contributed by atoms with Crippen LogP contribution in [0.1, 0.15) is 41.6 Å². The first-order valence-corrected chi connectivity index (χ1v) is 15.4. The molecule has 2 aromatic heterocycles. The lowest BCUT2D eigenvalue weighted by atomic mass is 10.0. The van der Waals surface area contributed by atoms with Crippen LogP contribution in [0.4, 0.5) is 19.1 Å². The highest BCUT2D eigenvalue weighted by molar-refractivity contribution is 7.70. The molecular formula is C26H32F3N6O2P. The van der Waals surface area contributed by atoms with Gasteiger partial charge in [-0.25, -0.2) is 9.97 Å². The fourth-order valence-electron chi connectivity index (χ4n) is 5.53. The van der Waals surface area contributed by atoms with Crippen molar-refractivity contribution in [2.75, 3.05) is 51.9 Å². The fourth-order valence-corrected chi connectivity index (χ4v) is 7.00. The van der Waals surface area contributed by atoms with E-state index in [1.54, 1.807) is 37.4 Å². The topological polar surface area (TPSA) is 94.2 Å². The van der Waals surface area contributed by atoms with Crippen LogP contribution in [0.3, 0.4) is 0 Å². The maximum absolute atomic E-state index is 14.1. The average molecular weight is 549 g/mol. The molecule has 0 saturated carbocycles. The summed E-state index contributed by atoms with van der Waals surface area (Å²) in [7, 11) is -1.30. The Morgan fingerprint density at radius 2 is 1.82 bits per heavy atom. The number of hydrogen-bond acceptors (Lipinski definition) is 6. The van der Waals surface area contributed by atoms with Gasteiger partial charge in [0.2, 0.25) is 5.95 Å². The molecule has 1 saturated heterocycles. The average Bonchev–Trinajstić information content (AvgIpc) is 3.28. The van der Waals surface area contributed by atoms with Crippen LogP contribution in [-0.2, 0) is 10.7 Å². The number of nitrogens with one attached hydrogen (secondary N) is 2. The van der Waals surface area contributed by atoms with E-state index in [1.165, 1.54) is 6.20 Å². The number of nitrogens with zero attached hydrogens (tertiary/aromatic N) is 4. The third-order valence-electron chi connectivity index (χ3n) is 7.35. The molecule has 8 bridgehead atoms. The minimum atomic E-state index is -4.68. The monoisotopic (exact) mass is 548 g/mol. The van der Waals surface area contributed by atoms with E-state index in [9.17, 15) is 22.5 Å². The van der Waals surface area contributed by atoms with Gasteiger partial charge in [0.05, 0.1) is 16.8 Å². The second kappa shape index (κ2) is 10.0. The van der Waals surface area contributed by atoms with E-state index in [0.717, 1.165) is 51.5 Å². The molecule has 3 aliphatic rings. The maximum atomic E-state index is 14.1. The van der Waals surface area contributed by atoms with Gasteiger partial charge in [-0.2, -0.15) is 13.2 Å². The molecule has 0 spiro atoms. The van der Waals surface area contributed by atoms with Crippen LogP contribution < -0.4 is 10.6 Å². The first kappa shape index (κ1) is 26.7. The van der Waals surface area contributed by atoms with Crippen LogP contribution in [0.5, 0.6) is 0 Å². The molecule has 6 rings (SSSR count). The van der Waals surface area contributed by atoms with Gasteiger partial charge in [-0.05, 0) is 58.2 Å². The van der Waals surface area contributed by atoms with Crippen molar-refractivity contribution in [1.82, 2.24) is 24.8 Å². The molecule has 0 radical (unpaired) electrons. The minimum Gasteiger partial charge on any atom is -0.360 e. The van der Waals surface area contributed by atoms with E-state index >= 15 is 0 Å². The van der Waals surface area contributed by atoms with E-state index in [0.29, 0.717) is 28.3 Å². The molecule has 3 aromatic rings. The molecule has 2 N–H and O–H groups in total. The first-order valence-electron chi connectivity index (χ1n) is 12.8. The summed E-state index contributed by atoms with van der Waals surface area (Å²) < 4.78 is 55.7. The van der Waals surface area contributed by atoms with E-state index in [2.05, 4.69) is 25.2 Å². The number of carbonyl (C=O) groups excluding carboxylic acids is 1. The summed E-state index contributed by atoms with van der Waals surface area (Å²) in [6.45, 7) is 6.23. The molecule has 1 amide bonds. The Kier molecular flexibility index (Phi) is 7.02. The second-order valence-corrected chi connectivity index (χ2v) is 13.8. The van der Waals surface area contributed by atoms with Crippen LogP contribution in [-0.4, -0.2) is 83.3 Å². The van der Waals surface area contributed by atoms with Crippen molar-refractivity contribution in [1.29, 1.82) is 0 Å². The predicted molar refractivity (Wildman–Crippen MR) is 143 cm³/mol. The molecular weight excluding hydrogens is 516 g/mol. The molecule has 1 aromatic carbocycles. The quantitative estimate of drug-likeness (QED) is 0.431. The summed E-state index contributed by atoms with van der Waals surface area (Å²) in [5.41, 5.74) is -0.327. The Bertz CT molecular complexity index is 1420. The SMILES string of the molecule is CN1CCCCN2CCC[C@H](C2)Nc2ncc(C(F)(F)F)c(n2)-c2c[nH]c3c(P(C)(C)=O)c(ccc23)C1=O. The zero-order chi connectivity index (χ0) is 27.2. The van der Waals surface area contributed by atoms with Crippen LogP contribution >= 0.6 is 7.14 Å². The van der Waals surface area contributed by atoms with Gasteiger partial charge < -0.3 is 24.7 Å². The molecule has 1 unspecified atom stereocenters. The number of hydrogen-bond donors (Lipinski definition) is 2. The smallest absolute Gasteiger partial charge is 0.360 e. The number of fused-ring (bicyclic) bond motifs is 6. The fraction of sp³-hybridized carbons (Fsp3) is 0.500.